The molecule has 2 amide bonds. The maximum absolute atomic E-state index is 13.3. The number of carboxylic acids is 1. The normalized spacial score (nSPS) is 14.0. The van der Waals surface area contributed by atoms with Gasteiger partial charge in [-0.05, 0) is 41.2 Å². The van der Waals surface area contributed by atoms with E-state index in [2.05, 4.69) is 15.4 Å². The molecule has 1 aliphatic carbocycles. The predicted octanol–water partition coefficient (Wildman–Crippen LogP) is 4.02. The van der Waals surface area contributed by atoms with Crippen LogP contribution in [0.1, 0.15) is 42.4 Å². The Hall–Kier alpha value is -4.70. The number of benzene rings is 3. The molecule has 0 spiro atoms. The average Bonchev–Trinajstić information content (AvgIpc) is 3.33. The number of alkyl carbamates (subject to hydrolysis) is 1. The van der Waals surface area contributed by atoms with Crippen LogP contribution in [0.25, 0.3) is 11.1 Å². The number of hydrogen-bond acceptors (Lipinski definition) is 7. The summed E-state index contributed by atoms with van der Waals surface area (Å²) in [5, 5.41) is 14.6. The van der Waals surface area contributed by atoms with Crippen LogP contribution in [0.5, 0.6) is 0 Å². The molecule has 10 heteroatoms. The molecule has 0 aliphatic heterocycles. The van der Waals surface area contributed by atoms with E-state index >= 15 is 0 Å². The molecular formula is C32H34N2O8. The van der Waals surface area contributed by atoms with E-state index in [-0.39, 0.29) is 32.0 Å². The standard InChI is InChI=1S/C32H34N2O8/c1-20(41-18-21-10-4-3-5-11-21)29(30(36)33-27(31(37)38)16-17-28(35)40-2)34-32(39)42-19-26-24-14-8-6-12-22(24)23-13-7-9-15-25(23)26/h3-15,20,26-27,29H,16-19H2,1-2H3,(H,33,36)(H,34,39)(H,37,38)/t20-,27?,29+/m0/s1. The van der Waals surface area contributed by atoms with E-state index in [4.69, 9.17) is 9.47 Å². The minimum absolute atomic E-state index is 0.0321. The maximum atomic E-state index is 13.3. The van der Waals surface area contributed by atoms with Gasteiger partial charge in [-0.2, -0.15) is 0 Å². The summed E-state index contributed by atoms with van der Waals surface area (Å²) in [6, 6.07) is 22.4. The maximum Gasteiger partial charge on any atom is 0.407 e. The zero-order valence-corrected chi connectivity index (χ0v) is 23.4. The highest BCUT2D eigenvalue weighted by molar-refractivity contribution is 5.90. The van der Waals surface area contributed by atoms with Gasteiger partial charge in [-0.3, -0.25) is 9.59 Å². The third kappa shape index (κ3) is 7.52. The van der Waals surface area contributed by atoms with Gasteiger partial charge in [-0.25, -0.2) is 9.59 Å². The van der Waals surface area contributed by atoms with E-state index < -0.39 is 42.1 Å². The predicted molar refractivity (Wildman–Crippen MR) is 154 cm³/mol. The van der Waals surface area contributed by atoms with Crippen molar-refractivity contribution in [3.8, 4) is 11.1 Å². The largest absolute Gasteiger partial charge is 0.480 e. The lowest BCUT2D eigenvalue weighted by Gasteiger charge is -2.26. The lowest BCUT2D eigenvalue weighted by atomic mass is 9.98. The van der Waals surface area contributed by atoms with Crippen molar-refractivity contribution >= 4 is 23.9 Å². The summed E-state index contributed by atoms with van der Waals surface area (Å²) in [6.45, 7) is 1.79. The molecule has 3 atom stereocenters. The monoisotopic (exact) mass is 574 g/mol. The number of carboxylic acid groups (broad SMARTS) is 1. The summed E-state index contributed by atoms with van der Waals surface area (Å²) >= 11 is 0. The third-order valence-corrected chi connectivity index (χ3v) is 7.20. The number of hydrogen-bond donors (Lipinski definition) is 3. The summed E-state index contributed by atoms with van der Waals surface area (Å²) in [5.41, 5.74) is 5.08. The molecule has 220 valence electrons. The molecule has 0 radical (unpaired) electrons. The molecule has 10 nitrogen and oxygen atoms in total. The number of carbonyl (C=O) groups excluding carboxylic acids is 3. The van der Waals surface area contributed by atoms with Gasteiger partial charge in [0.1, 0.15) is 18.7 Å². The second-order valence-electron chi connectivity index (χ2n) is 9.96. The molecule has 0 saturated carbocycles. The van der Waals surface area contributed by atoms with E-state index in [9.17, 15) is 24.3 Å². The fourth-order valence-electron chi connectivity index (χ4n) is 4.94. The molecule has 4 rings (SSSR count). The molecule has 0 heterocycles. The summed E-state index contributed by atoms with van der Waals surface area (Å²) < 4.78 is 16.1. The highest BCUT2D eigenvalue weighted by Crippen LogP contribution is 2.44. The van der Waals surface area contributed by atoms with Crippen LogP contribution in [-0.2, 0) is 35.2 Å². The Morgan fingerprint density at radius 2 is 1.45 bits per heavy atom. The molecule has 1 aliphatic rings. The van der Waals surface area contributed by atoms with Crippen molar-refractivity contribution < 1.29 is 38.5 Å². The van der Waals surface area contributed by atoms with Gasteiger partial charge in [0.2, 0.25) is 5.91 Å². The van der Waals surface area contributed by atoms with Crippen molar-refractivity contribution in [2.45, 2.75) is 50.5 Å². The molecule has 0 aromatic heterocycles. The second-order valence-corrected chi connectivity index (χ2v) is 9.96. The number of carbonyl (C=O) groups is 4. The summed E-state index contributed by atoms with van der Waals surface area (Å²) in [6.07, 6.45) is -2.11. The molecule has 1 unspecified atom stereocenters. The van der Waals surface area contributed by atoms with Crippen molar-refractivity contribution in [3.63, 3.8) is 0 Å². The first-order chi connectivity index (χ1) is 20.3. The first-order valence-corrected chi connectivity index (χ1v) is 13.7. The Bertz CT molecular complexity index is 1360. The SMILES string of the molecule is COC(=O)CCC(NC(=O)[C@H](NC(=O)OCC1c2ccccc2-c2ccccc21)[C@H](C)OCc1ccccc1)C(=O)O. The van der Waals surface area contributed by atoms with Gasteiger partial charge in [0.05, 0.1) is 19.8 Å². The lowest BCUT2D eigenvalue weighted by molar-refractivity contribution is -0.144. The number of fused-ring (bicyclic) bond motifs is 3. The first kappa shape index (κ1) is 30.3. The molecule has 3 aromatic carbocycles. The molecule has 3 N–H and O–H groups in total. The molecule has 0 saturated heterocycles. The topological polar surface area (TPSA) is 140 Å². The molecule has 3 aromatic rings. The van der Waals surface area contributed by atoms with E-state index in [0.717, 1.165) is 27.8 Å². The van der Waals surface area contributed by atoms with Crippen LogP contribution in [0.3, 0.4) is 0 Å². The fraction of sp³-hybridized carbons (Fsp3) is 0.312. The zero-order chi connectivity index (χ0) is 30.1. The quantitative estimate of drug-likeness (QED) is 0.260. The number of nitrogens with one attached hydrogen (secondary N) is 2. The van der Waals surface area contributed by atoms with Crippen LogP contribution in [0.2, 0.25) is 0 Å². The molecular weight excluding hydrogens is 540 g/mol. The summed E-state index contributed by atoms with van der Waals surface area (Å²) in [5.74, 6) is -2.91. The van der Waals surface area contributed by atoms with Crippen molar-refractivity contribution in [1.82, 2.24) is 10.6 Å². The third-order valence-electron chi connectivity index (χ3n) is 7.20. The minimum atomic E-state index is -1.38. The van der Waals surface area contributed by atoms with Crippen LogP contribution in [0, 0.1) is 0 Å². The molecule has 0 bridgehead atoms. The highest BCUT2D eigenvalue weighted by atomic mass is 16.6. The van der Waals surface area contributed by atoms with Crippen LogP contribution >= 0.6 is 0 Å². The zero-order valence-electron chi connectivity index (χ0n) is 23.4. The van der Waals surface area contributed by atoms with E-state index in [1.807, 2.05) is 78.9 Å². The Morgan fingerprint density at radius 1 is 0.857 bits per heavy atom. The van der Waals surface area contributed by atoms with Crippen LogP contribution in [0.4, 0.5) is 4.79 Å². The number of rotatable bonds is 13. The molecule has 0 fully saturated rings. The lowest BCUT2D eigenvalue weighted by Crippen LogP contribution is -2.56. The fourth-order valence-corrected chi connectivity index (χ4v) is 4.94. The van der Waals surface area contributed by atoms with Crippen molar-refractivity contribution in [3.05, 3.63) is 95.6 Å². The van der Waals surface area contributed by atoms with Crippen LogP contribution < -0.4 is 10.6 Å². The smallest absolute Gasteiger partial charge is 0.407 e. The van der Waals surface area contributed by atoms with Crippen LogP contribution in [0.15, 0.2) is 78.9 Å². The average molecular weight is 575 g/mol. The van der Waals surface area contributed by atoms with E-state index in [1.165, 1.54) is 7.11 Å². The van der Waals surface area contributed by atoms with Crippen molar-refractivity contribution in [2.75, 3.05) is 13.7 Å². The number of methoxy groups -OCH3 is 1. The van der Waals surface area contributed by atoms with E-state index in [1.54, 1.807) is 6.92 Å². The van der Waals surface area contributed by atoms with Crippen molar-refractivity contribution in [1.29, 1.82) is 0 Å². The second kappa shape index (κ2) is 14.3. The highest BCUT2D eigenvalue weighted by Gasteiger charge is 2.33. The number of esters is 1. The molecule has 42 heavy (non-hydrogen) atoms. The number of ether oxygens (including phenoxy) is 3. The Labute approximate surface area is 244 Å². The van der Waals surface area contributed by atoms with Gasteiger partial charge in [-0.15, -0.1) is 0 Å². The van der Waals surface area contributed by atoms with Gasteiger partial charge in [0, 0.05) is 12.3 Å². The first-order valence-electron chi connectivity index (χ1n) is 13.7. The number of amides is 2. The Kier molecular flexibility index (Phi) is 10.3. The Morgan fingerprint density at radius 3 is 2.05 bits per heavy atom. The van der Waals surface area contributed by atoms with Crippen LogP contribution in [-0.4, -0.2) is 60.9 Å². The van der Waals surface area contributed by atoms with E-state index in [0.29, 0.717) is 0 Å². The van der Waals surface area contributed by atoms with Gasteiger partial charge >= 0.3 is 18.0 Å². The van der Waals surface area contributed by atoms with Crippen molar-refractivity contribution in [2.24, 2.45) is 0 Å². The summed E-state index contributed by atoms with van der Waals surface area (Å²) in [7, 11) is 1.19. The van der Waals surface area contributed by atoms with Gasteiger partial charge in [0.15, 0.2) is 0 Å². The number of aliphatic carboxylic acids is 1. The van der Waals surface area contributed by atoms with Gasteiger partial charge < -0.3 is 30.0 Å². The minimum Gasteiger partial charge on any atom is -0.480 e. The van der Waals surface area contributed by atoms with Gasteiger partial charge in [0.25, 0.3) is 0 Å². The Balaban J connectivity index is 1.45. The van der Waals surface area contributed by atoms with Gasteiger partial charge in [-0.1, -0.05) is 78.9 Å². The summed E-state index contributed by atoms with van der Waals surface area (Å²) in [4.78, 5) is 49.7.